The molecule has 3 aromatic rings. The minimum Gasteiger partial charge on any atom is -0.379 e. The topological polar surface area (TPSA) is 82.0 Å². The second-order valence-electron chi connectivity index (χ2n) is 6.29. The molecule has 0 bridgehead atoms. The van der Waals surface area contributed by atoms with Crippen LogP contribution in [0.2, 0.25) is 0 Å². The van der Waals surface area contributed by atoms with Crippen molar-refractivity contribution < 1.29 is 9.42 Å². The average molecular weight is 319 g/mol. The van der Waals surface area contributed by atoms with Crippen LogP contribution in [0.3, 0.4) is 0 Å². The standard InChI is InChI=1S/C19H17N3O2/c1-12(23)19(10-11-19)16-8-6-14(7-9-16)13-2-4-15(5-3-13)17-18(20)22-24-21-17/h2-9H,10-11H2,1H3,(H2,20,22). The van der Waals surface area contributed by atoms with Gasteiger partial charge in [-0.05, 0) is 46.8 Å². The zero-order valence-electron chi connectivity index (χ0n) is 13.3. The van der Waals surface area contributed by atoms with E-state index in [2.05, 4.69) is 39.2 Å². The van der Waals surface area contributed by atoms with Crippen molar-refractivity contribution in [3.8, 4) is 22.4 Å². The van der Waals surface area contributed by atoms with E-state index in [4.69, 9.17) is 5.73 Å². The number of rotatable bonds is 4. The summed E-state index contributed by atoms with van der Waals surface area (Å²) in [6.07, 6.45) is 1.92. The Morgan fingerprint density at radius 3 is 1.96 bits per heavy atom. The molecule has 1 aliphatic rings. The lowest BCUT2D eigenvalue weighted by Crippen LogP contribution is -2.16. The van der Waals surface area contributed by atoms with Crippen molar-refractivity contribution in [1.82, 2.24) is 10.3 Å². The Hall–Kier alpha value is -2.95. The molecule has 0 unspecified atom stereocenters. The number of carbonyl (C=O) groups excluding carboxylic acids is 1. The van der Waals surface area contributed by atoms with E-state index in [0.29, 0.717) is 5.69 Å². The molecule has 1 fully saturated rings. The second kappa shape index (κ2) is 5.30. The van der Waals surface area contributed by atoms with E-state index in [1.165, 1.54) is 0 Å². The van der Waals surface area contributed by atoms with Gasteiger partial charge in [-0.25, -0.2) is 4.63 Å². The number of nitrogens with zero attached hydrogens (tertiary/aromatic N) is 2. The molecule has 2 aromatic carbocycles. The van der Waals surface area contributed by atoms with Gasteiger partial charge in [-0.2, -0.15) is 0 Å². The number of anilines is 1. The minimum absolute atomic E-state index is 0.222. The maximum atomic E-state index is 11.8. The van der Waals surface area contributed by atoms with E-state index in [1.54, 1.807) is 6.92 Å². The molecule has 2 N–H and O–H groups in total. The highest BCUT2D eigenvalue weighted by Crippen LogP contribution is 2.49. The summed E-state index contributed by atoms with van der Waals surface area (Å²) in [6, 6.07) is 16.2. The van der Waals surface area contributed by atoms with Gasteiger partial charge >= 0.3 is 0 Å². The molecule has 0 atom stereocenters. The summed E-state index contributed by atoms with van der Waals surface area (Å²) in [7, 11) is 0. The first-order valence-corrected chi connectivity index (χ1v) is 7.91. The van der Waals surface area contributed by atoms with Gasteiger partial charge in [0.05, 0.1) is 5.41 Å². The van der Waals surface area contributed by atoms with Crippen molar-refractivity contribution in [3.05, 3.63) is 54.1 Å². The third-order valence-corrected chi connectivity index (χ3v) is 4.87. The minimum atomic E-state index is -0.222. The molecule has 1 saturated carbocycles. The maximum Gasteiger partial charge on any atom is 0.196 e. The van der Waals surface area contributed by atoms with Crippen molar-refractivity contribution in [3.63, 3.8) is 0 Å². The van der Waals surface area contributed by atoms with Crippen molar-refractivity contribution >= 4 is 11.6 Å². The number of nitrogen functional groups attached to an aromatic ring is 1. The first-order valence-electron chi connectivity index (χ1n) is 7.91. The zero-order chi connectivity index (χ0) is 16.7. The van der Waals surface area contributed by atoms with Crippen LogP contribution < -0.4 is 5.73 Å². The van der Waals surface area contributed by atoms with E-state index in [9.17, 15) is 4.79 Å². The maximum absolute atomic E-state index is 11.8. The number of ketones is 1. The van der Waals surface area contributed by atoms with Crippen LogP contribution in [0.4, 0.5) is 5.82 Å². The van der Waals surface area contributed by atoms with Gasteiger partial charge in [0.25, 0.3) is 0 Å². The molecular formula is C19H17N3O2. The second-order valence-corrected chi connectivity index (χ2v) is 6.29. The Labute approximate surface area is 139 Å². The highest BCUT2D eigenvalue weighted by atomic mass is 16.6. The molecule has 1 aliphatic carbocycles. The number of aromatic nitrogens is 2. The zero-order valence-corrected chi connectivity index (χ0v) is 13.3. The van der Waals surface area contributed by atoms with Crippen LogP contribution in [-0.2, 0) is 10.2 Å². The fourth-order valence-corrected chi connectivity index (χ4v) is 3.17. The summed E-state index contributed by atoms with van der Waals surface area (Å²) in [4.78, 5) is 11.8. The highest BCUT2D eigenvalue weighted by molar-refractivity contribution is 5.91. The number of Topliss-reactive ketones (excluding diaryl/α,β-unsaturated/α-hetero) is 1. The Bertz CT molecular complexity index is 891. The summed E-state index contributed by atoms with van der Waals surface area (Å²) in [6.45, 7) is 1.68. The van der Waals surface area contributed by atoms with Crippen molar-refractivity contribution in [2.24, 2.45) is 0 Å². The lowest BCUT2D eigenvalue weighted by Gasteiger charge is -2.12. The highest BCUT2D eigenvalue weighted by Gasteiger charge is 2.48. The molecule has 0 spiro atoms. The van der Waals surface area contributed by atoms with E-state index in [0.717, 1.165) is 35.1 Å². The molecule has 5 nitrogen and oxygen atoms in total. The number of hydrogen-bond acceptors (Lipinski definition) is 5. The Morgan fingerprint density at radius 2 is 1.50 bits per heavy atom. The monoisotopic (exact) mass is 319 g/mol. The SMILES string of the molecule is CC(=O)C1(c2ccc(-c3ccc(-c4nonc4N)cc3)cc2)CC1. The van der Waals surface area contributed by atoms with Crippen LogP contribution in [0.5, 0.6) is 0 Å². The molecular weight excluding hydrogens is 302 g/mol. The number of benzene rings is 2. The van der Waals surface area contributed by atoms with Gasteiger partial charge in [0.2, 0.25) is 0 Å². The molecule has 0 aliphatic heterocycles. The van der Waals surface area contributed by atoms with Crippen molar-refractivity contribution in [2.45, 2.75) is 25.2 Å². The molecule has 120 valence electrons. The Morgan fingerprint density at radius 1 is 0.958 bits per heavy atom. The fraction of sp³-hybridized carbons (Fsp3) is 0.211. The van der Waals surface area contributed by atoms with Gasteiger partial charge in [0.1, 0.15) is 5.78 Å². The van der Waals surface area contributed by atoms with Gasteiger partial charge in [-0.15, -0.1) is 0 Å². The van der Waals surface area contributed by atoms with E-state index < -0.39 is 0 Å². The third-order valence-electron chi connectivity index (χ3n) is 4.87. The van der Waals surface area contributed by atoms with Crippen LogP contribution in [0.25, 0.3) is 22.4 Å². The smallest absolute Gasteiger partial charge is 0.196 e. The normalized spacial score (nSPS) is 15.2. The van der Waals surface area contributed by atoms with Crippen LogP contribution in [0.15, 0.2) is 53.2 Å². The average Bonchev–Trinajstić information content (AvgIpc) is 3.32. The first-order chi connectivity index (χ1) is 11.6. The van der Waals surface area contributed by atoms with E-state index in [-0.39, 0.29) is 17.0 Å². The van der Waals surface area contributed by atoms with Gasteiger partial charge in [0.15, 0.2) is 11.5 Å². The molecule has 1 aromatic heterocycles. The van der Waals surface area contributed by atoms with Crippen LogP contribution >= 0.6 is 0 Å². The molecule has 1 heterocycles. The molecule has 0 saturated heterocycles. The number of carbonyl (C=O) groups is 1. The quantitative estimate of drug-likeness (QED) is 0.794. The third kappa shape index (κ3) is 2.29. The van der Waals surface area contributed by atoms with Gasteiger partial charge in [-0.3, -0.25) is 4.79 Å². The molecule has 5 heteroatoms. The van der Waals surface area contributed by atoms with Crippen LogP contribution in [0, 0.1) is 0 Å². The lowest BCUT2D eigenvalue weighted by atomic mass is 9.90. The summed E-state index contributed by atoms with van der Waals surface area (Å²) < 4.78 is 4.63. The summed E-state index contributed by atoms with van der Waals surface area (Å²) >= 11 is 0. The lowest BCUT2D eigenvalue weighted by molar-refractivity contribution is -0.119. The van der Waals surface area contributed by atoms with E-state index >= 15 is 0 Å². The van der Waals surface area contributed by atoms with Crippen LogP contribution in [0.1, 0.15) is 25.3 Å². The molecule has 0 amide bonds. The van der Waals surface area contributed by atoms with Crippen molar-refractivity contribution in [2.75, 3.05) is 5.73 Å². The summed E-state index contributed by atoms with van der Waals surface area (Å²) in [5.41, 5.74) is 10.2. The summed E-state index contributed by atoms with van der Waals surface area (Å²) in [5.74, 6) is 0.546. The van der Waals surface area contributed by atoms with Crippen LogP contribution in [-0.4, -0.2) is 16.1 Å². The molecule has 4 rings (SSSR count). The Balaban J connectivity index is 1.60. The Kier molecular flexibility index (Phi) is 3.23. The first kappa shape index (κ1) is 14.6. The van der Waals surface area contributed by atoms with Gasteiger partial charge in [-0.1, -0.05) is 48.5 Å². The van der Waals surface area contributed by atoms with E-state index in [1.807, 2.05) is 24.3 Å². The summed E-state index contributed by atoms with van der Waals surface area (Å²) in [5, 5.41) is 7.40. The van der Waals surface area contributed by atoms with Crippen molar-refractivity contribution in [1.29, 1.82) is 0 Å². The number of nitrogens with two attached hydrogens (primary N) is 1. The molecule has 0 radical (unpaired) electrons. The van der Waals surface area contributed by atoms with Gasteiger partial charge in [0, 0.05) is 5.56 Å². The van der Waals surface area contributed by atoms with Gasteiger partial charge < -0.3 is 5.73 Å². The predicted molar refractivity (Wildman–Crippen MR) is 91.2 cm³/mol. The molecule has 24 heavy (non-hydrogen) atoms. The largest absolute Gasteiger partial charge is 0.379 e. The number of hydrogen-bond donors (Lipinski definition) is 1. The fourth-order valence-electron chi connectivity index (χ4n) is 3.17. The predicted octanol–water partition coefficient (Wildman–Crippen LogP) is 3.61.